The van der Waals surface area contributed by atoms with Crippen LogP contribution in [0.15, 0.2) is 11.2 Å². The maximum atomic E-state index is 12.7. The van der Waals surface area contributed by atoms with Gasteiger partial charge in [-0.3, -0.25) is 4.79 Å². The number of sulfonamides is 1. The van der Waals surface area contributed by atoms with Crippen molar-refractivity contribution in [3.8, 4) is 0 Å². The Kier molecular flexibility index (Phi) is 4.36. The fraction of sp³-hybridized carbons (Fsp3) is 0.765. The van der Waals surface area contributed by atoms with E-state index in [9.17, 15) is 13.2 Å². The van der Waals surface area contributed by atoms with Gasteiger partial charge < -0.3 is 14.2 Å². The Hall–Kier alpha value is -1.45. The van der Waals surface area contributed by atoms with E-state index >= 15 is 0 Å². The highest BCUT2D eigenvalue weighted by Gasteiger charge is 2.54. The summed E-state index contributed by atoms with van der Waals surface area (Å²) in [7, 11) is -1.80. The molecule has 0 aliphatic carbocycles. The van der Waals surface area contributed by atoms with Gasteiger partial charge >= 0.3 is 0 Å². The highest BCUT2D eigenvalue weighted by Crippen LogP contribution is 2.41. The van der Waals surface area contributed by atoms with E-state index in [1.54, 1.807) is 24.7 Å². The van der Waals surface area contributed by atoms with Crippen LogP contribution in [0.5, 0.6) is 0 Å². The fourth-order valence-electron chi connectivity index (χ4n) is 4.18. The van der Waals surface area contributed by atoms with Crippen LogP contribution in [0.1, 0.15) is 31.5 Å². The maximum absolute atomic E-state index is 12.7. The first-order valence-electron chi connectivity index (χ1n) is 9.21. The topological polar surface area (TPSA) is 84.7 Å². The van der Waals surface area contributed by atoms with Gasteiger partial charge in [0.2, 0.25) is 5.91 Å². The van der Waals surface area contributed by atoms with Gasteiger partial charge in [0, 0.05) is 45.8 Å². The molecule has 0 bridgehead atoms. The zero-order valence-corrected chi connectivity index (χ0v) is 16.2. The molecule has 1 amide bonds. The summed E-state index contributed by atoms with van der Waals surface area (Å²) >= 11 is 0. The molecule has 1 aromatic heterocycles. The van der Waals surface area contributed by atoms with Crippen LogP contribution < -0.4 is 0 Å². The number of hydrogen-bond donors (Lipinski definition) is 0. The largest absolute Gasteiger partial charge is 0.372 e. The third kappa shape index (κ3) is 3.05. The highest BCUT2D eigenvalue weighted by atomic mass is 32.2. The number of rotatable bonds is 4. The Bertz CT molecular complexity index is 787. The van der Waals surface area contributed by atoms with Gasteiger partial charge in [0.25, 0.3) is 10.0 Å². The Morgan fingerprint density at radius 3 is 2.65 bits per heavy atom. The number of hydrogen-bond acceptors (Lipinski definition) is 5. The molecule has 4 rings (SSSR count). The summed E-state index contributed by atoms with van der Waals surface area (Å²) in [6.45, 7) is 4.74. The number of carbonyl (C=O) groups excluding carboxylic acids is 1. The number of likely N-dealkylation sites (tertiary alicyclic amines) is 1. The molecule has 0 radical (unpaired) electrons. The Morgan fingerprint density at radius 1 is 1.35 bits per heavy atom. The second kappa shape index (κ2) is 6.31. The molecule has 4 heterocycles. The molecular formula is C17H26N4O4S. The Balaban J connectivity index is 1.34. The van der Waals surface area contributed by atoms with Gasteiger partial charge in [-0.05, 0) is 32.1 Å². The molecular weight excluding hydrogens is 356 g/mol. The molecule has 1 atom stereocenters. The van der Waals surface area contributed by atoms with Crippen LogP contribution in [-0.4, -0.2) is 71.5 Å². The summed E-state index contributed by atoms with van der Waals surface area (Å²) in [5.41, 5.74) is -0.424. The zero-order valence-electron chi connectivity index (χ0n) is 15.3. The van der Waals surface area contributed by atoms with Crippen molar-refractivity contribution in [2.75, 3.05) is 32.8 Å². The lowest BCUT2D eigenvalue weighted by atomic mass is 9.87. The molecule has 0 saturated carbocycles. The lowest BCUT2D eigenvalue weighted by Crippen LogP contribution is -2.63. The van der Waals surface area contributed by atoms with E-state index in [2.05, 4.69) is 4.98 Å². The number of carbonyl (C=O) groups is 1. The lowest BCUT2D eigenvalue weighted by molar-refractivity contribution is -0.131. The molecule has 3 aliphatic heterocycles. The van der Waals surface area contributed by atoms with Crippen LogP contribution in [-0.2, 0) is 26.6 Å². The minimum atomic E-state index is -3.57. The van der Waals surface area contributed by atoms with Crippen LogP contribution in [0.4, 0.5) is 0 Å². The molecule has 0 N–H and O–H groups in total. The quantitative estimate of drug-likeness (QED) is 0.758. The number of aromatic nitrogens is 2. The summed E-state index contributed by atoms with van der Waals surface area (Å²) in [5, 5.41) is 0.0890. The lowest BCUT2D eigenvalue weighted by Gasteiger charge is -2.45. The van der Waals surface area contributed by atoms with E-state index in [0.717, 1.165) is 32.4 Å². The number of amides is 1. The third-order valence-corrected chi connectivity index (χ3v) is 7.49. The van der Waals surface area contributed by atoms with E-state index < -0.39 is 15.6 Å². The van der Waals surface area contributed by atoms with Gasteiger partial charge in [-0.1, -0.05) is 0 Å². The molecule has 3 saturated heterocycles. The monoisotopic (exact) mass is 382 g/mol. The minimum Gasteiger partial charge on any atom is -0.372 e. The molecule has 8 nitrogen and oxygen atoms in total. The fourth-order valence-corrected chi connectivity index (χ4v) is 5.80. The van der Waals surface area contributed by atoms with Crippen molar-refractivity contribution in [1.29, 1.82) is 0 Å². The van der Waals surface area contributed by atoms with E-state index in [1.807, 2.05) is 4.90 Å². The average Bonchev–Trinajstić information content (AvgIpc) is 3.27. The Labute approximate surface area is 154 Å². The highest BCUT2D eigenvalue weighted by molar-refractivity contribution is 7.89. The van der Waals surface area contributed by atoms with Gasteiger partial charge in [0.1, 0.15) is 5.82 Å². The minimum absolute atomic E-state index is 0.0890. The summed E-state index contributed by atoms with van der Waals surface area (Å²) < 4.78 is 34.4. The standard InChI is InChI=1S/C17H26N4O4S/c1-13-18-15(9-19(13)2)26(23,24)21-11-17(12-21)8-14(10-25-17)7-16(22)20-5-3-4-6-20/h9,14H,3-8,10-12H2,1-2H3. The molecule has 1 spiro atoms. The predicted octanol–water partition coefficient (Wildman–Crippen LogP) is 0.521. The van der Waals surface area contributed by atoms with E-state index in [4.69, 9.17) is 4.74 Å². The Morgan fingerprint density at radius 2 is 2.04 bits per heavy atom. The van der Waals surface area contributed by atoms with Gasteiger partial charge in [-0.15, -0.1) is 0 Å². The van der Waals surface area contributed by atoms with Gasteiger partial charge in [0.15, 0.2) is 5.03 Å². The van der Waals surface area contributed by atoms with Crippen LogP contribution in [0.2, 0.25) is 0 Å². The summed E-state index contributed by atoms with van der Waals surface area (Å²) in [6, 6.07) is 0. The smallest absolute Gasteiger partial charge is 0.262 e. The zero-order chi connectivity index (χ0) is 18.5. The van der Waals surface area contributed by atoms with Crippen molar-refractivity contribution >= 4 is 15.9 Å². The molecule has 3 fully saturated rings. The number of nitrogens with zero attached hydrogens (tertiary/aromatic N) is 4. The van der Waals surface area contributed by atoms with Crippen molar-refractivity contribution in [3.05, 3.63) is 12.0 Å². The summed E-state index contributed by atoms with van der Waals surface area (Å²) in [5.74, 6) is 1.06. The molecule has 1 aromatic rings. The predicted molar refractivity (Wildman–Crippen MR) is 93.9 cm³/mol. The van der Waals surface area contributed by atoms with E-state index in [0.29, 0.717) is 31.9 Å². The molecule has 1 unspecified atom stereocenters. The van der Waals surface area contributed by atoms with Crippen LogP contribution in [0.3, 0.4) is 0 Å². The van der Waals surface area contributed by atoms with Crippen molar-refractivity contribution in [3.63, 3.8) is 0 Å². The first-order chi connectivity index (χ1) is 12.3. The molecule has 9 heteroatoms. The first-order valence-corrected chi connectivity index (χ1v) is 10.6. The normalized spacial score (nSPS) is 25.8. The van der Waals surface area contributed by atoms with Crippen LogP contribution in [0, 0.1) is 12.8 Å². The van der Waals surface area contributed by atoms with E-state index in [-0.39, 0.29) is 16.9 Å². The van der Waals surface area contributed by atoms with Crippen LogP contribution in [0.25, 0.3) is 0 Å². The number of imidazole rings is 1. The van der Waals surface area contributed by atoms with Crippen molar-refractivity contribution in [1.82, 2.24) is 18.8 Å². The maximum Gasteiger partial charge on any atom is 0.262 e. The van der Waals surface area contributed by atoms with E-state index in [1.165, 1.54) is 4.31 Å². The third-order valence-electron chi connectivity index (χ3n) is 5.83. The number of aryl methyl sites for hydroxylation is 2. The van der Waals surface area contributed by atoms with Gasteiger partial charge in [-0.25, -0.2) is 13.4 Å². The molecule has 0 aromatic carbocycles. The van der Waals surface area contributed by atoms with Crippen LogP contribution >= 0.6 is 0 Å². The van der Waals surface area contributed by atoms with Crippen molar-refractivity contribution in [2.24, 2.45) is 13.0 Å². The molecule has 144 valence electrons. The average molecular weight is 382 g/mol. The second-order valence-electron chi connectivity index (χ2n) is 7.87. The molecule has 26 heavy (non-hydrogen) atoms. The number of ether oxygens (including phenoxy) is 1. The summed E-state index contributed by atoms with van der Waals surface area (Å²) in [6.07, 6.45) is 4.99. The van der Waals surface area contributed by atoms with Gasteiger partial charge in [-0.2, -0.15) is 4.31 Å². The summed E-state index contributed by atoms with van der Waals surface area (Å²) in [4.78, 5) is 18.4. The second-order valence-corrected chi connectivity index (χ2v) is 9.75. The SMILES string of the molecule is Cc1nc(S(=O)(=O)N2CC3(CC(CC(=O)N4CCCC4)CO3)C2)cn1C. The van der Waals surface area contributed by atoms with Crippen molar-refractivity contribution in [2.45, 2.75) is 43.2 Å². The van der Waals surface area contributed by atoms with Crippen molar-refractivity contribution < 1.29 is 17.9 Å². The first kappa shape index (κ1) is 17.9. The molecule has 3 aliphatic rings. The van der Waals surface area contributed by atoms with Gasteiger partial charge in [0.05, 0.1) is 12.2 Å².